The summed E-state index contributed by atoms with van der Waals surface area (Å²) < 4.78 is 0. The van der Waals surface area contributed by atoms with Gasteiger partial charge in [-0.1, -0.05) is 36.4 Å². The van der Waals surface area contributed by atoms with Crippen LogP contribution in [0.1, 0.15) is 5.56 Å². The van der Waals surface area contributed by atoms with Crippen molar-refractivity contribution in [1.82, 2.24) is 5.32 Å². The minimum atomic E-state index is -0.723. The van der Waals surface area contributed by atoms with Gasteiger partial charge in [0.15, 0.2) is 0 Å². The topological polar surface area (TPSA) is 52.5 Å². The zero-order valence-electron chi connectivity index (χ0n) is 8.63. The highest BCUT2D eigenvalue weighted by atomic mass is 16.3. The van der Waals surface area contributed by atoms with Crippen molar-refractivity contribution in [2.45, 2.75) is 18.7 Å². The lowest BCUT2D eigenvalue weighted by atomic mass is 10.1. The summed E-state index contributed by atoms with van der Waals surface area (Å²) in [5.41, 5.74) is 1.12. The number of nitrogens with one attached hydrogen (secondary N) is 1. The lowest BCUT2D eigenvalue weighted by Crippen LogP contribution is -2.41. The fourth-order valence-electron chi connectivity index (χ4n) is 1.30. The third kappa shape index (κ3) is 3.83. The first-order valence-corrected chi connectivity index (χ1v) is 4.96. The molecule has 3 N–H and O–H groups in total. The molecule has 0 amide bonds. The largest absolute Gasteiger partial charge is 0.395 e. The smallest absolute Gasteiger partial charge is 0.0893 e. The highest BCUT2D eigenvalue weighted by molar-refractivity contribution is 5.14. The van der Waals surface area contributed by atoms with Gasteiger partial charge in [-0.25, -0.2) is 0 Å². The van der Waals surface area contributed by atoms with Crippen LogP contribution in [0.2, 0.25) is 0 Å². The number of rotatable bonds is 6. The standard InChI is InChI=1S/C12H17NO2/c1-2-12(15)11(9-14)13-8-10-6-4-3-5-7-10/h2-7,11-15H,1,8-9H2/t11-,12+/m0/s1. The summed E-state index contributed by atoms with van der Waals surface area (Å²) in [6.45, 7) is 3.99. The van der Waals surface area contributed by atoms with Crippen molar-refractivity contribution in [3.05, 3.63) is 48.6 Å². The van der Waals surface area contributed by atoms with E-state index in [1.165, 1.54) is 6.08 Å². The summed E-state index contributed by atoms with van der Waals surface area (Å²) >= 11 is 0. The van der Waals surface area contributed by atoms with Crippen LogP contribution in [-0.2, 0) is 6.54 Å². The molecule has 1 aromatic carbocycles. The van der Waals surface area contributed by atoms with Gasteiger partial charge in [0.05, 0.1) is 18.8 Å². The van der Waals surface area contributed by atoms with E-state index in [-0.39, 0.29) is 12.6 Å². The van der Waals surface area contributed by atoms with Crippen LogP contribution in [0.15, 0.2) is 43.0 Å². The van der Waals surface area contributed by atoms with Crippen LogP contribution in [0.25, 0.3) is 0 Å². The van der Waals surface area contributed by atoms with Gasteiger partial charge in [0.1, 0.15) is 0 Å². The molecule has 1 aromatic rings. The van der Waals surface area contributed by atoms with Gasteiger partial charge in [-0.15, -0.1) is 6.58 Å². The first-order valence-electron chi connectivity index (χ1n) is 4.96. The number of aliphatic hydroxyl groups excluding tert-OH is 2. The maximum Gasteiger partial charge on any atom is 0.0893 e. The van der Waals surface area contributed by atoms with Crippen molar-refractivity contribution in [3.63, 3.8) is 0 Å². The quantitative estimate of drug-likeness (QED) is 0.601. The molecule has 0 spiro atoms. The first-order chi connectivity index (χ1) is 7.27. The molecule has 0 aromatic heterocycles. The highest BCUT2D eigenvalue weighted by Gasteiger charge is 2.13. The second kappa shape index (κ2) is 6.35. The molecule has 3 nitrogen and oxygen atoms in total. The van der Waals surface area contributed by atoms with Crippen molar-refractivity contribution in [2.24, 2.45) is 0 Å². The maximum absolute atomic E-state index is 9.46. The van der Waals surface area contributed by atoms with Gasteiger partial charge in [0.25, 0.3) is 0 Å². The number of hydrogen-bond donors (Lipinski definition) is 3. The number of aliphatic hydroxyl groups is 2. The van der Waals surface area contributed by atoms with Gasteiger partial charge in [0, 0.05) is 6.54 Å². The molecule has 0 heterocycles. The molecule has 0 radical (unpaired) electrons. The second-order valence-corrected chi connectivity index (χ2v) is 3.38. The van der Waals surface area contributed by atoms with E-state index >= 15 is 0 Å². The SMILES string of the molecule is C=C[C@@H](O)[C@H](CO)NCc1ccccc1. The summed E-state index contributed by atoms with van der Waals surface area (Å²) in [6.07, 6.45) is 0.692. The summed E-state index contributed by atoms with van der Waals surface area (Å²) in [4.78, 5) is 0. The van der Waals surface area contributed by atoms with Crippen LogP contribution in [0, 0.1) is 0 Å². The Balaban J connectivity index is 2.44. The molecule has 0 aliphatic heterocycles. The van der Waals surface area contributed by atoms with Crippen molar-refractivity contribution >= 4 is 0 Å². The van der Waals surface area contributed by atoms with Crippen LogP contribution in [0.4, 0.5) is 0 Å². The molecule has 0 bridgehead atoms. The molecule has 0 unspecified atom stereocenters. The number of benzene rings is 1. The molecular formula is C12H17NO2. The lowest BCUT2D eigenvalue weighted by molar-refractivity contribution is 0.122. The molecule has 2 atom stereocenters. The first kappa shape index (κ1) is 11.9. The van der Waals surface area contributed by atoms with Gasteiger partial charge in [-0.3, -0.25) is 0 Å². The van der Waals surface area contributed by atoms with E-state index in [0.29, 0.717) is 6.54 Å². The van der Waals surface area contributed by atoms with E-state index in [0.717, 1.165) is 5.56 Å². The zero-order valence-corrected chi connectivity index (χ0v) is 8.63. The minimum absolute atomic E-state index is 0.111. The minimum Gasteiger partial charge on any atom is -0.395 e. The molecule has 1 rings (SSSR count). The predicted molar refractivity (Wildman–Crippen MR) is 60.4 cm³/mol. The average Bonchev–Trinajstić information content (AvgIpc) is 2.31. The number of hydrogen-bond acceptors (Lipinski definition) is 3. The highest BCUT2D eigenvalue weighted by Crippen LogP contribution is 2.00. The zero-order chi connectivity index (χ0) is 11.1. The normalized spacial score (nSPS) is 14.5. The van der Waals surface area contributed by atoms with Crippen LogP contribution in [-0.4, -0.2) is 29.0 Å². The molecule has 0 saturated heterocycles. The fourth-order valence-corrected chi connectivity index (χ4v) is 1.30. The summed E-state index contributed by atoms with van der Waals surface area (Å²) in [5, 5.41) is 21.6. The van der Waals surface area contributed by atoms with Gasteiger partial charge >= 0.3 is 0 Å². The Morgan fingerprint density at radius 2 is 2.00 bits per heavy atom. The van der Waals surface area contributed by atoms with Crippen LogP contribution in [0.3, 0.4) is 0 Å². The molecule has 3 heteroatoms. The fraction of sp³-hybridized carbons (Fsp3) is 0.333. The summed E-state index contributed by atoms with van der Waals surface area (Å²) in [5.74, 6) is 0. The molecule has 0 saturated carbocycles. The Morgan fingerprint density at radius 1 is 1.33 bits per heavy atom. The van der Waals surface area contributed by atoms with E-state index in [1.807, 2.05) is 30.3 Å². The second-order valence-electron chi connectivity index (χ2n) is 3.38. The average molecular weight is 207 g/mol. The third-order valence-corrected chi connectivity index (χ3v) is 2.26. The Kier molecular flexibility index (Phi) is 5.04. The predicted octanol–water partition coefficient (Wildman–Crippen LogP) is 0.684. The van der Waals surface area contributed by atoms with Gasteiger partial charge < -0.3 is 15.5 Å². The molecule has 0 aliphatic rings. The Morgan fingerprint density at radius 3 is 2.53 bits per heavy atom. The summed E-state index contributed by atoms with van der Waals surface area (Å²) in [6, 6.07) is 9.47. The van der Waals surface area contributed by atoms with Crippen LogP contribution < -0.4 is 5.32 Å². The molecular weight excluding hydrogens is 190 g/mol. The molecule has 82 valence electrons. The van der Waals surface area contributed by atoms with E-state index < -0.39 is 6.10 Å². The third-order valence-electron chi connectivity index (χ3n) is 2.26. The van der Waals surface area contributed by atoms with Crippen molar-refractivity contribution in [2.75, 3.05) is 6.61 Å². The lowest BCUT2D eigenvalue weighted by Gasteiger charge is -2.19. The maximum atomic E-state index is 9.46. The summed E-state index contributed by atoms with van der Waals surface area (Å²) in [7, 11) is 0. The van der Waals surface area contributed by atoms with Crippen molar-refractivity contribution in [3.8, 4) is 0 Å². The van der Waals surface area contributed by atoms with Crippen LogP contribution >= 0.6 is 0 Å². The molecule has 0 fully saturated rings. The molecule has 0 aliphatic carbocycles. The van der Waals surface area contributed by atoms with Crippen molar-refractivity contribution < 1.29 is 10.2 Å². The van der Waals surface area contributed by atoms with E-state index in [2.05, 4.69) is 11.9 Å². The Hall–Kier alpha value is -1.16. The van der Waals surface area contributed by atoms with E-state index in [1.54, 1.807) is 0 Å². The van der Waals surface area contributed by atoms with Gasteiger partial charge in [-0.05, 0) is 5.56 Å². The van der Waals surface area contributed by atoms with Gasteiger partial charge in [-0.2, -0.15) is 0 Å². The van der Waals surface area contributed by atoms with Gasteiger partial charge in [0.2, 0.25) is 0 Å². The van der Waals surface area contributed by atoms with Crippen LogP contribution in [0.5, 0.6) is 0 Å². The Bertz CT molecular complexity index is 287. The van der Waals surface area contributed by atoms with Crippen molar-refractivity contribution in [1.29, 1.82) is 0 Å². The molecule has 15 heavy (non-hydrogen) atoms. The monoisotopic (exact) mass is 207 g/mol. The Labute approximate surface area is 90.1 Å². The van der Waals surface area contributed by atoms with E-state index in [9.17, 15) is 5.11 Å². The van der Waals surface area contributed by atoms with E-state index in [4.69, 9.17) is 5.11 Å².